The number of aldehydes is 1. The van der Waals surface area contributed by atoms with Crippen molar-refractivity contribution in [2.45, 2.75) is 50.7 Å². The number of nitrogens with two attached hydrogens (primary N) is 1. The highest BCUT2D eigenvalue weighted by Crippen LogP contribution is 2.10. The zero-order chi connectivity index (χ0) is 12.0. The summed E-state index contributed by atoms with van der Waals surface area (Å²) in [5.74, 6) is 0. The Morgan fingerprint density at radius 3 is 2.19 bits per heavy atom. The van der Waals surface area contributed by atoms with E-state index in [1.54, 1.807) is 12.2 Å². The van der Waals surface area contributed by atoms with E-state index in [1.807, 2.05) is 12.2 Å². The predicted octanol–water partition coefficient (Wildman–Crippen LogP) is 1.55. The van der Waals surface area contributed by atoms with Crippen molar-refractivity contribution in [2.75, 3.05) is 0 Å². The van der Waals surface area contributed by atoms with Gasteiger partial charge in [0.05, 0.1) is 5.54 Å². The Labute approximate surface area is 97.8 Å². The summed E-state index contributed by atoms with van der Waals surface area (Å²) in [4.78, 5) is 10.3. The molecule has 0 aromatic heterocycles. The number of carbonyl (C=O) groups excluding carboxylic acids is 1. The quantitative estimate of drug-likeness (QED) is 0.662. The molecule has 1 aliphatic carbocycles. The Balaban J connectivity index is 0.000000165. The summed E-state index contributed by atoms with van der Waals surface area (Å²) in [7, 11) is 0. The van der Waals surface area contributed by atoms with Crippen LogP contribution in [0.2, 0.25) is 0 Å². The fourth-order valence-corrected chi connectivity index (χ4v) is 1.89. The van der Waals surface area contributed by atoms with Crippen LogP contribution in [0.1, 0.15) is 33.1 Å². The lowest BCUT2D eigenvalue weighted by molar-refractivity contribution is -0.110. The van der Waals surface area contributed by atoms with Gasteiger partial charge in [-0.1, -0.05) is 24.3 Å². The van der Waals surface area contributed by atoms with Crippen molar-refractivity contribution in [3.8, 4) is 0 Å². The van der Waals surface area contributed by atoms with Gasteiger partial charge in [0, 0.05) is 12.1 Å². The largest absolute Gasteiger partial charge is 0.316 e. The van der Waals surface area contributed by atoms with E-state index in [1.165, 1.54) is 12.8 Å². The maximum Gasteiger partial charge on any atom is 0.144 e. The van der Waals surface area contributed by atoms with Crippen molar-refractivity contribution >= 4 is 6.29 Å². The Bertz CT molecular complexity index is 278. The van der Waals surface area contributed by atoms with Gasteiger partial charge in [-0.3, -0.25) is 0 Å². The molecule has 3 nitrogen and oxygen atoms in total. The fourth-order valence-electron chi connectivity index (χ4n) is 1.89. The summed E-state index contributed by atoms with van der Waals surface area (Å²) in [5, 5.41) is 3.42. The van der Waals surface area contributed by atoms with Crippen LogP contribution >= 0.6 is 0 Å². The first kappa shape index (κ1) is 13.1. The maximum atomic E-state index is 10.3. The van der Waals surface area contributed by atoms with Gasteiger partial charge in [0.15, 0.2) is 0 Å². The van der Waals surface area contributed by atoms with E-state index in [4.69, 9.17) is 5.73 Å². The molecule has 2 aliphatic rings. The van der Waals surface area contributed by atoms with Crippen LogP contribution in [0.3, 0.4) is 0 Å². The minimum atomic E-state index is -0.727. The van der Waals surface area contributed by atoms with Gasteiger partial charge in [0.1, 0.15) is 6.29 Å². The number of rotatable bonds is 1. The SMILES string of the molecule is C[C@@H]1CC[C@H](C)N1.NC1(C=O)C=CC=CC1. The normalized spacial score (nSPS) is 36.7. The van der Waals surface area contributed by atoms with Crippen LogP contribution in [0, 0.1) is 0 Å². The highest BCUT2D eigenvalue weighted by Gasteiger charge is 2.19. The summed E-state index contributed by atoms with van der Waals surface area (Å²) in [6, 6.07) is 1.55. The molecule has 16 heavy (non-hydrogen) atoms. The smallest absolute Gasteiger partial charge is 0.144 e. The molecule has 90 valence electrons. The maximum absolute atomic E-state index is 10.3. The van der Waals surface area contributed by atoms with Crippen molar-refractivity contribution in [3.05, 3.63) is 24.3 Å². The molecule has 2 rings (SSSR count). The van der Waals surface area contributed by atoms with E-state index in [0.29, 0.717) is 6.42 Å². The third-order valence-corrected chi connectivity index (χ3v) is 2.95. The second-order valence-corrected chi connectivity index (χ2v) is 4.77. The molecule has 0 spiro atoms. The monoisotopic (exact) mass is 222 g/mol. The van der Waals surface area contributed by atoms with E-state index in [0.717, 1.165) is 18.4 Å². The standard InChI is InChI=1S/C7H9NO.C6H13N/c8-7(6-9)4-2-1-3-5-7;1-5-3-4-6(2)7-5/h1-4,6H,5,8H2;5-7H,3-4H2,1-2H3/t;5-,6+. The zero-order valence-electron chi connectivity index (χ0n) is 10.1. The Morgan fingerprint density at radius 1 is 1.31 bits per heavy atom. The average Bonchev–Trinajstić information content (AvgIpc) is 2.65. The molecule has 0 saturated carbocycles. The van der Waals surface area contributed by atoms with Crippen LogP contribution in [-0.4, -0.2) is 23.9 Å². The topological polar surface area (TPSA) is 55.1 Å². The molecule has 0 bridgehead atoms. The number of nitrogens with one attached hydrogen (secondary N) is 1. The van der Waals surface area contributed by atoms with Crippen molar-refractivity contribution in [3.63, 3.8) is 0 Å². The van der Waals surface area contributed by atoms with Gasteiger partial charge in [-0.25, -0.2) is 0 Å². The number of allylic oxidation sites excluding steroid dienone is 2. The molecule has 3 heteroatoms. The molecule has 3 N–H and O–H groups in total. The lowest BCUT2D eigenvalue weighted by Gasteiger charge is -2.17. The van der Waals surface area contributed by atoms with E-state index >= 15 is 0 Å². The van der Waals surface area contributed by atoms with Crippen molar-refractivity contribution < 1.29 is 4.79 Å². The highest BCUT2D eigenvalue weighted by molar-refractivity contribution is 5.68. The second-order valence-electron chi connectivity index (χ2n) is 4.77. The highest BCUT2D eigenvalue weighted by atomic mass is 16.1. The third-order valence-electron chi connectivity index (χ3n) is 2.95. The van der Waals surface area contributed by atoms with E-state index in [-0.39, 0.29) is 0 Å². The summed E-state index contributed by atoms with van der Waals surface area (Å²) in [5.41, 5.74) is 4.82. The Morgan fingerprint density at radius 2 is 1.94 bits per heavy atom. The van der Waals surface area contributed by atoms with Gasteiger partial charge in [-0.15, -0.1) is 0 Å². The zero-order valence-corrected chi connectivity index (χ0v) is 10.1. The van der Waals surface area contributed by atoms with Gasteiger partial charge >= 0.3 is 0 Å². The minimum Gasteiger partial charge on any atom is -0.316 e. The summed E-state index contributed by atoms with van der Waals surface area (Å²) in [6.07, 6.45) is 11.4. The molecule has 0 amide bonds. The van der Waals surface area contributed by atoms with Crippen LogP contribution in [0.5, 0.6) is 0 Å². The molecule has 3 atom stereocenters. The molecule has 1 fully saturated rings. The minimum absolute atomic E-state index is 0.618. The fraction of sp³-hybridized carbons (Fsp3) is 0.615. The van der Waals surface area contributed by atoms with E-state index < -0.39 is 5.54 Å². The predicted molar refractivity (Wildman–Crippen MR) is 67.2 cm³/mol. The summed E-state index contributed by atoms with van der Waals surface area (Å²) in [6.45, 7) is 4.48. The molecule has 1 unspecified atom stereocenters. The summed E-state index contributed by atoms with van der Waals surface area (Å²) < 4.78 is 0. The third kappa shape index (κ3) is 4.29. The van der Waals surface area contributed by atoms with Crippen molar-refractivity contribution in [1.29, 1.82) is 0 Å². The average molecular weight is 222 g/mol. The van der Waals surface area contributed by atoms with Gasteiger partial charge < -0.3 is 15.8 Å². The van der Waals surface area contributed by atoms with Crippen LogP contribution < -0.4 is 11.1 Å². The first-order valence-corrected chi connectivity index (χ1v) is 5.91. The number of carbonyl (C=O) groups is 1. The molecular formula is C13H22N2O. The number of hydrogen-bond donors (Lipinski definition) is 2. The molecular weight excluding hydrogens is 200 g/mol. The first-order chi connectivity index (χ1) is 7.56. The molecule has 1 saturated heterocycles. The van der Waals surface area contributed by atoms with Gasteiger partial charge in [0.25, 0.3) is 0 Å². The van der Waals surface area contributed by atoms with Crippen LogP contribution in [0.15, 0.2) is 24.3 Å². The Hall–Kier alpha value is -0.930. The van der Waals surface area contributed by atoms with Crippen molar-refractivity contribution in [1.82, 2.24) is 5.32 Å². The van der Waals surface area contributed by atoms with E-state index in [2.05, 4.69) is 19.2 Å². The van der Waals surface area contributed by atoms with Crippen LogP contribution in [0.25, 0.3) is 0 Å². The number of hydrogen-bond acceptors (Lipinski definition) is 3. The molecule has 0 radical (unpaired) electrons. The molecule has 1 aliphatic heterocycles. The van der Waals surface area contributed by atoms with E-state index in [9.17, 15) is 4.79 Å². The molecule has 0 aromatic rings. The lowest BCUT2D eigenvalue weighted by Crippen LogP contribution is -2.39. The van der Waals surface area contributed by atoms with Crippen molar-refractivity contribution in [2.24, 2.45) is 5.73 Å². The van der Waals surface area contributed by atoms with Gasteiger partial charge in [0.2, 0.25) is 0 Å². The van der Waals surface area contributed by atoms with Gasteiger partial charge in [-0.05, 0) is 33.1 Å². The van der Waals surface area contributed by atoms with Crippen LogP contribution in [-0.2, 0) is 4.79 Å². The van der Waals surface area contributed by atoms with Crippen LogP contribution in [0.4, 0.5) is 0 Å². The lowest BCUT2D eigenvalue weighted by atomic mass is 9.95. The molecule has 1 heterocycles. The second kappa shape index (κ2) is 5.97. The first-order valence-electron chi connectivity index (χ1n) is 5.91. The Kier molecular flexibility index (Phi) is 4.90. The molecule has 0 aromatic carbocycles. The summed E-state index contributed by atoms with van der Waals surface area (Å²) >= 11 is 0. The van der Waals surface area contributed by atoms with Gasteiger partial charge in [-0.2, -0.15) is 0 Å².